The van der Waals surface area contributed by atoms with Crippen LogP contribution in [0.1, 0.15) is 32.6 Å². The van der Waals surface area contributed by atoms with Gasteiger partial charge in [0, 0.05) is 31.1 Å². The molecule has 6 heterocycles. The van der Waals surface area contributed by atoms with Crippen molar-refractivity contribution in [3.05, 3.63) is 52.6 Å². The van der Waals surface area contributed by atoms with Crippen molar-refractivity contribution in [2.45, 2.75) is 38.6 Å². The van der Waals surface area contributed by atoms with Crippen molar-refractivity contribution < 1.29 is 13.9 Å². The highest BCUT2D eigenvalue weighted by Gasteiger charge is 2.35. The number of pyridine rings is 1. The molecule has 2 atom stereocenters. The number of ether oxygens (including phenoxy) is 1. The number of para-hydroxylation sites is 2. The van der Waals surface area contributed by atoms with E-state index in [9.17, 15) is 9.59 Å². The third-order valence-electron chi connectivity index (χ3n) is 9.08. The number of aromatic nitrogens is 3. The molecule has 0 amide bonds. The lowest BCUT2D eigenvalue weighted by molar-refractivity contribution is -0.148. The van der Waals surface area contributed by atoms with Crippen molar-refractivity contribution in [2.75, 3.05) is 49.5 Å². The van der Waals surface area contributed by atoms with E-state index in [-0.39, 0.29) is 29.3 Å². The Labute approximate surface area is 237 Å². The van der Waals surface area contributed by atoms with Gasteiger partial charge >= 0.3 is 5.97 Å². The summed E-state index contributed by atoms with van der Waals surface area (Å²) in [5.74, 6) is 0.0150. The van der Waals surface area contributed by atoms with Gasteiger partial charge in [0.25, 0.3) is 5.56 Å². The number of halogens is 1. The summed E-state index contributed by atoms with van der Waals surface area (Å²) in [7, 11) is 0. The number of hydrogen-bond acceptors (Lipinski definition) is 7. The van der Waals surface area contributed by atoms with Crippen LogP contribution in [0.3, 0.4) is 0 Å². The molecule has 4 aliphatic heterocycles. The van der Waals surface area contributed by atoms with Gasteiger partial charge in [-0.2, -0.15) is 0 Å². The molecule has 41 heavy (non-hydrogen) atoms. The fourth-order valence-electron chi connectivity index (χ4n) is 6.96. The number of imidazole rings is 1. The molecule has 4 aliphatic rings. The van der Waals surface area contributed by atoms with Crippen LogP contribution >= 0.6 is 0 Å². The van der Waals surface area contributed by atoms with Crippen LogP contribution in [0, 0.1) is 17.7 Å². The Morgan fingerprint density at radius 3 is 2.68 bits per heavy atom. The molecule has 8 rings (SSSR count). The first-order valence-electron chi connectivity index (χ1n) is 14.7. The summed E-state index contributed by atoms with van der Waals surface area (Å²) in [6, 6.07) is 11.0. The van der Waals surface area contributed by atoms with Crippen LogP contribution in [0.25, 0.3) is 33.3 Å². The normalized spacial score (nSPS) is 24.2. The average molecular weight is 559 g/mol. The monoisotopic (exact) mass is 558 g/mol. The Hall–Kier alpha value is -3.92. The van der Waals surface area contributed by atoms with E-state index in [1.807, 2.05) is 29.2 Å². The highest BCUT2D eigenvalue weighted by Crippen LogP contribution is 2.38. The summed E-state index contributed by atoms with van der Waals surface area (Å²) in [6.07, 6.45) is 3.69. The van der Waals surface area contributed by atoms with Crippen LogP contribution < -0.4 is 15.8 Å². The minimum atomic E-state index is -0.387. The van der Waals surface area contributed by atoms with Crippen LogP contribution in [0.15, 0.2) is 41.2 Å². The molecule has 2 aromatic heterocycles. The zero-order chi connectivity index (χ0) is 28.1. The Balaban J connectivity index is 1.33. The third-order valence-corrected chi connectivity index (χ3v) is 9.08. The first kappa shape index (κ1) is 26.0. The minimum absolute atomic E-state index is 0.154. The van der Waals surface area contributed by atoms with E-state index in [0.29, 0.717) is 59.3 Å². The molecule has 1 unspecified atom stereocenters. The number of aromatic amines is 2. The summed E-state index contributed by atoms with van der Waals surface area (Å²) < 4.78 is 21.2. The number of carbonyl (C=O) groups is 1. The molecule has 2 bridgehead atoms. The number of carbonyl (C=O) groups excluding carboxylic acids is 1. The predicted octanol–water partition coefficient (Wildman–Crippen LogP) is 4.50. The number of fused-ring (bicyclic) bond motifs is 5. The van der Waals surface area contributed by atoms with Crippen LogP contribution in [0.2, 0.25) is 0 Å². The van der Waals surface area contributed by atoms with E-state index in [0.717, 1.165) is 56.4 Å². The molecule has 0 aliphatic carbocycles. The maximum Gasteiger partial charge on any atom is 0.310 e. The quantitative estimate of drug-likeness (QED) is 0.299. The lowest BCUT2D eigenvalue weighted by Crippen LogP contribution is -2.53. The zero-order valence-corrected chi connectivity index (χ0v) is 23.2. The fraction of sp³-hybridized carbons (Fsp3) is 0.452. The molecule has 3 N–H and O–H groups in total. The van der Waals surface area contributed by atoms with Gasteiger partial charge in [-0.3, -0.25) is 9.59 Å². The number of rotatable bonds is 6. The molecule has 2 aromatic carbocycles. The number of benzene rings is 2. The van der Waals surface area contributed by atoms with Gasteiger partial charge in [0.1, 0.15) is 17.2 Å². The Kier molecular flexibility index (Phi) is 6.65. The molecule has 4 saturated heterocycles. The molecule has 10 heteroatoms. The first-order valence-corrected chi connectivity index (χ1v) is 14.7. The second-order valence-corrected chi connectivity index (χ2v) is 11.6. The van der Waals surface area contributed by atoms with Gasteiger partial charge in [-0.1, -0.05) is 12.1 Å². The number of piperidine rings is 4. The number of anilines is 2. The van der Waals surface area contributed by atoms with Crippen LogP contribution in [0.4, 0.5) is 15.8 Å². The SMILES string of the molecule is CCOC(=O)C1CCCN(c2cc3[nH]c(=O)c(-c4nc5ccccc5[nH]4)c(N[C@H]4CN5CCC4CC5)c3cc2F)C1. The van der Waals surface area contributed by atoms with Gasteiger partial charge in [-0.15, -0.1) is 0 Å². The van der Waals surface area contributed by atoms with Crippen molar-refractivity contribution in [3.8, 4) is 11.4 Å². The lowest BCUT2D eigenvalue weighted by Gasteiger charge is -2.45. The van der Waals surface area contributed by atoms with Crippen LogP contribution in [0.5, 0.6) is 0 Å². The number of hydrogen-bond donors (Lipinski definition) is 3. The Morgan fingerprint density at radius 1 is 1.10 bits per heavy atom. The number of nitrogens with one attached hydrogen (secondary N) is 3. The van der Waals surface area contributed by atoms with E-state index in [1.165, 1.54) is 6.07 Å². The second kappa shape index (κ2) is 10.5. The van der Waals surface area contributed by atoms with Crippen molar-refractivity contribution in [1.29, 1.82) is 0 Å². The average Bonchev–Trinajstić information content (AvgIpc) is 3.42. The Morgan fingerprint density at radius 2 is 1.93 bits per heavy atom. The summed E-state index contributed by atoms with van der Waals surface area (Å²) >= 11 is 0. The van der Waals surface area contributed by atoms with Crippen molar-refractivity contribution in [2.24, 2.45) is 11.8 Å². The third kappa shape index (κ3) is 4.73. The second-order valence-electron chi connectivity index (χ2n) is 11.6. The topological polar surface area (TPSA) is 106 Å². The number of nitrogens with zero attached hydrogens (tertiary/aromatic N) is 3. The van der Waals surface area contributed by atoms with E-state index < -0.39 is 0 Å². The zero-order valence-electron chi connectivity index (χ0n) is 23.2. The van der Waals surface area contributed by atoms with Crippen LogP contribution in [-0.4, -0.2) is 71.2 Å². The van der Waals surface area contributed by atoms with Gasteiger partial charge < -0.3 is 29.8 Å². The van der Waals surface area contributed by atoms with Gasteiger partial charge in [0.15, 0.2) is 0 Å². The molecule has 0 saturated carbocycles. The molecule has 0 spiro atoms. The summed E-state index contributed by atoms with van der Waals surface area (Å²) in [5, 5.41) is 4.31. The van der Waals surface area contributed by atoms with Crippen molar-refractivity contribution in [1.82, 2.24) is 19.9 Å². The summed E-state index contributed by atoms with van der Waals surface area (Å²) in [5.41, 5.74) is 3.23. The molecule has 4 fully saturated rings. The number of esters is 1. The Bertz CT molecular complexity index is 1640. The van der Waals surface area contributed by atoms with Crippen molar-refractivity contribution in [3.63, 3.8) is 0 Å². The van der Waals surface area contributed by atoms with Gasteiger partial charge in [0.05, 0.1) is 40.4 Å². The molecule has 214 valence electrons. The summed E-state index contributed by atoms with van der Waals surface area (Å²) in [4.78, 5) is 41.6. The van der Waals surface area contributed by atoms with Gasteiger partial charge in [-0.05, 0) is 75.9 Å². The van der Waals surface area contributed by atoms with Crippen LogP contribution in [-0.2, 0) is 9.53 Å². The fourth-order valence-corrected chi connectivity index (χ4v) is 6.96. The lowest BCUT2D eigenvalue weighted by atomic mass is 9.83. The van der Waals surface area contributed by atoms with E-state index in [2.05, 4.69) is 20.2 Å². The maximum absolute atomic E-state index is 16.0. The molecule has 4 aromatic rings. The largest absolute Gasteiger partial charge is 0.466 e. The van der Waals surface area contributed by atoms with E-state index in [4.69, 9.17) is 9.72 Å². The van der Waals surface area contributed by atoms with Gasteiger partial charge in [0.2, 0.25) is 0 Å². The molecular formula is C31H35FN6O3. The first-order chi connectivity index (χ1) is 20.0. The van der Waals surface area contributed by atoms with Gasteiger partial charge in [-0.25, -0.2) is 9.37 Å². The maximum atomic E-state index is 16.0. The molecule has 0 radical (unpaired) electrons. The van der Waals surface area contributed by atoms with Crippen molar-refractivity contribution >= 4 is 39.3 Å². The highest BCUT2D eigenvalue weighted by atomic mass is 19.1. The van der Waals surface area contributed by atoms with E-state index in [1.54, 1.807) is 13.0 Å². The number of H-pyrrole nitrogens is 2. The highest BCUT2D eigenvalue weighted by molar-refractivity contribution is 6.00. The molecular weight excluding hydrogens is 523 g/mol. The summed E-state index contributed by atoms with van der Waals surface area (Å²) in [6.45, 7) is 6.20. The predicted molar refractivity (Wildman–Crippen MR) is 158 cm³/mol. The molecule has 9 nitrogen and oxygen atoms in total. The van der Waals surface area contributed by atoms with E-state index >= 15 is 4.39 Å². The standard InChI is InChI=1S/C31H35FN6O3/c1-2-41-31(40)19-6-5-11-38(16-19)26-15-24-20(14-21(26)32)28(33-25-17-37-12-9-18(25)10-13-37)27(30(39)36-24)29-34-22-7-3-4-8-23(22)35-29/h3-4,7-8,14-15,18-19,25H,2,5-6,9-13,16-17H2,1H3,(H,34,35)(H2,33,36,39)/t19?,25-/m0/s1. The smallest absolute Gasteiger partial charge is 0.310 e. The minimum Gasteiger partial charge on any atom is -0.466 e.